The molecule has 1 fully saturated rings. The van der Waals surface area contributed by atoms with E-state index < -0.39 is 0 Å². The molecule has 0 atom stereocenters. The predicted octanol–water partition coefficient (Wildman–Crippen LogP) is 3.22. The highest BCUT2D eigenvalue weighted by Gasteiger charge is 2.20. The van der Waals surface area contributed by atoms with Crippen molar-refractivity contribution in [2.24, 2.45) is 0 Å². The van der Waals surface area contributed by atoms with Gasteiger partial charge in [0.2, 0.25) is 5.13 Å². The van der Waals surface area contributed by atoms with Crippen LogP contribution in [-0.4, -0.2) is 66.7 Å². The number of nitrogens with zero attached hydrogens (tertiary/aromatic N) is 4. The number of para-hydroxylation sites is 2. The van der Waals surface area contributed by atoms with Crippen molar-refractivity contribution in [3.05, 3.63) is 65.7 Å². The minimum atomic E-state index is -0.249. The maximum absolute atomic E-state index is 13.1. The summed E-state index contributed by atoms with van der Waals surface area (Å²) in [4.78, 5) is 21.4. The van der Waals surface area contributed by atoms with Gasteiger partial charge in [0.1, 0.15) is 17.4 Å². The summed E-state index contributed by atoms with van der Waals surface area (Å²) in [6, 6.07) is 13.5. The van der Waals surface area contributed by atoms with Crippen LogP contribution < -0.4 is 20.3 Å². The van der Waals surface area contributed by atoms with Gasteiger partial charge in [-0.2, -0.15) is 4.37 Å². The van der Waals surface area contributed by atoms with Crippen LogP contribution in [-0.2, 0) is 6.42 Å². The SMILES string of the molecule is COc1ccccc1NC(=O)NCCN1CCN(c2nc(Cc3ccc(F)cc3)ns2)CC1. The van der Waals surface area contributed by atoms with Crippen molar-refractivity contribution in [2.45, 2.75) is 6.42 Å². The monoisotopic (exact) mass is 470 g/mol. The van der Waals surface area contributed by atoms with Gasteiger partial charge in [-0.3, -0.25) is 4.90 Å². The van der Waals surface area contributed by atoms with E-state index in [1.165, 1.54) is 23.7 Å². The molecule has 174 valence electrons. The molecule has 1 aliphatic heterocycles. The van der Waals surface area contributed by atoms with Gasteiger partial charge in [-0.1, -0.05) is 24.3 Å². The molecule has 8 nitrogen and oxygen atoms in total. The molecule has 1 saturated heterocycles. The van der Waals surface area contributed by atoms with Crippen LogP contribution in [0.15, 0.2) is 48.5 Å². The minimum Gasteiger partial charge on any atom is -0.495 e. The molecular formula is C23H27FN6O2S. The Bertz CT molecular complexity index is 1050. The van der Waals surface area contributed by atoms with Gasteiger partial charge in [0.25, 0.3) is 0 Å². The fraction of sp³-hybridized carbons (Fsp3) is 0.348. The lowest BCUT2D eigenvalue weighted by Gasteiger charge is -2.34. The number of anilines is 2. The average molecular weight is 471 g/mol. The van der Waals surface area contributed by atoms with Crippen molar-refractivity contribution in [3.63, 3.8) is 0 Å². The van der Waals surface area contributed by atoms with E-state index in [1.54, 1.807) is 31.4 Å². The maximum Gasteiger partial charge on any atom is 0.319 e. The number of carbonyl (C=O) groups excluding carboxylic acids is 1. The molecule has 33 heavy (non-hydrogen) atoms. The number of amides is 2. The Morgan fingerprint density at radius 1 is 1.12 bits per heavy atom. The van der Waals surface area contributed by atoms with Crippen LogP contribution in [0, 0.1) is 5.82 Å². The fourth-order valence-electron chi connectivity index (χ4n) is 3.63. The molecule has 1 aliphatic rings. The van der Waals surface area contributed by atoms with E-state index >= 15 is 0 Å². The lowest BCUT2D eigenvalue weighted by Crippen LogP contribution is -2.48. The second-order valence-electron chi connectivity index (χ2n) is 7.71. The first-order valence-electron chi connectivity index (χ1n) is 10.8. The topological polar surface area (TPSA) is 82.6 Å². The van der Waals surface area contributed by atoms with Gasteiger partial charge in [0.15, 0.2) is 0 Å². The van der Waals surface area contributed by atoms with Crippen LogP contribution in [0.1, 0.15) is 11.4 Å². The first kappa shape index (κ1) is 22.9. The molecule has 2 amide bonds. The van der Waals surface area contributed by atoms with E-state index in [0.717, 1.165) is 49.2 Å². The zero-order chi connectivity index (χ0) is 23.0. The smallest absolute Gasteiger partial charge is 0.319 e. The van der Waals surface area contributed by atoms with E-state index in [9.17, 15) is 9.18 Å². The molecule has 10 heteroatoms. The summed E-state index contributed by atoms with van der Waals surface area (Å²) in [5.41, 5.74) is 1.63. The number of hydrogen-bond donors (Lipinski definition) is 2. The molecule has 0 radical (unpaired) electrons. The molecule has 0 bridgehead atoms. The number of benzene rings is 2. The van der Waals surface area contributed by atoms with Crippen molar-refractivity contribution < 1.29 is 13.9 Å². The van der Waals surface area contributed by atoms with Crippen LogP contribution in [0.5, 0.6) is 5.75 Å². The van der Waals surface area contributed by atoms with Gasteiger partial charge in [0, 0.05) is 57.2 Å². The molecule has 2 N–H and O–H groups in total. The molecule has 4 rings (SSSR count). The molecule has 0 saturated carbocycles. The van der Waals surface area contributed by atoms with E-state index in [-0.39, 0.29) is 11.8 Å². The maximum atomic E-state index is 13.1. The van der Waals surface area contributed by atoms with Gasteiger partial charge in [0.05, 0.1) is 12.8 Å². The van der Waals surface area contributed by atoms with Crippen molar-refractivity contribution in [1.82, 2.24) is 19.6 Å². The number of hydrogen-bond acceptors (Lipinski definition) is 7. The lowest BCUT2D eigenvalue weighted by atomic mass is 10.1. The zero-order valence-corrected chi connectivity index (χ0v) is 19.3. The quantitative estimate of drug-likeness (QED) is 0.526. The Balaban J connectivity index is 1.18. The second kappa shape index (κ2) is 11.1. The Hall–Kier alpha value is -3.24. The van der Waals surface area contributed by atoms with Gasteiger partial charge >= 0.3 is 6.03 Å². The van der Waals surface area contributed by atoms with Gasteiger partial charge in [-0.25, -0.2) is 14.2 Å². The zero-order valence-electron chi connectivity index (χ0n) is 18.5. The van der Waals surface area contributed by atoms with Crippen molar-refractivity contribution in [1.29, 1.82) is 0 Å². The number of carbonyl (C=O) groups is 1. The highest BCUT2D eigenvalue weighted by molar-refractivity contribution is 7.09. The number of nitrogens with one attached hydrogen (secondary N) is 2. The molecule has 2 aromatic carbocycles. The van der Waals surface area contributed by atoms with Crippen molar-refractivity contribution >= 4 is 28.4 Å². The van der Waals surface area contributed by atoms with E-state index in [1.807, 2.05) is 12.1 Å². The van der Waals surface area contributed by atoms with Gasteiger partial charge in [-0.05, 0) is 29.8 Å². The normalized spacial score (nSPS) is 14.2. The van der Waals surface area contributed by atoms with Crippen LogP contribution in [0.3, 0.4) is 0 Å². The minimum absolute atomic E-state index is 0.240. The Morgan fingerprint density at radius 2 is 1.88 bits per heavy atom. The van der Waals surface area contributed by atoms with Crippen LogP contribution >= 0.6 is 11.5 Å². The number of aromatic nitrogens is 2. The second-order valence-corrected chi connectivity index (χ2v) is 8.44. The highest BCUT2D eigenvalue weighted by atomic mass is 32.1. The summed E-state index contributed by atoms with van der Waals surface area (Å²) in [6.07, 6.45) is 0.597. The van der Waals surface area contributed by atoms with E-state index in [2.05, 4.69) is 29.8 Å². The third-order valence-electron chi connectivity index (χ3n) is 5.44. The molecule has 0 aliphatic carbocycles. The lowest BCUT2D eigenvalue weighted by molar-refractivity contribution is 0.240. The van der Waals surface area contributed by atoms with Crippen LogP contribution in [0.2, 0.25) is 0 Å². The first-order chi connectivity index (χ1) is 16.1. The number of piperazine rings is 1. The van der Waals surface area contributed by atoms with Crippen molar-refractivity contribution in [3.8, 4) is 5.75 Å². The summed E-state index contributed by atoms with van der Waals surface area (Å²) in [5, 5.41) is 6.63. The van der Waals surface area contributed by atoms with Crippen molar-refractivity contribution in [2.75, 3.05) is 56.6 Å². The Labute approximate surface area is 196 Å². The average Bonchev–Trinajstić information content (AvgIpc) is 3.30. The van der Waals surface area contributed by atoms with Gasteiger partial charge < -0.3 is 20.3 Å². The summed E-state index contributed by atoms with van der Waals surface area (Å²) < 4.78 is 22.8. The Morgan fingerprint density at radius 3 is 2.64 bits per heavy atom. The standard InChI is InChI=1S/C23H27FN6O2S/c1-32-20-5-3-2-4-19(20)26-22(31)25-10-11-29-12-14-30(15-13-29)23-27-21(28-33-23)16-17-6-8-18(24)9-7-17/h2-9H,10-16H2,1H3,(H2,25,26,31). The predicted molar refractivity (Wildman–Crippen MR) is 128 cm³/mol. The van der Waals surface area contributed by atoms with E-state index in [4.69, 9.17) is 4.74 Å². The highest BCUT2D eigenvalue weighted by Crippen LogP contribution is 2.23. The first-order valence-corrected chi connectivity index (χ1v) is 11.6. The van der Waals surface area contributed by atoms with Crippen LogP contribution in [0.25, 0.3) is 0 Å². The number of methoxy groups -OCH3 is 1. The van der Waals surface area contributed by atoms with Crippen LogP contribution in [0.4, 0.5) is 20.0 Å². The third kappa shape index (κ3) is 6.39. The van der Waals surface area contributed by atoms with E-state index in [0.29, 0.717) is 24.4 Å². The molecule has 3 aromatic rings. The fourth-order valence-corrected chi connectivity index (χ4v) is 4.37. The number of ether oxygens (including phenoxy) is 1. The Kier molecular flexibility index (Phi) is 7.69. The third-order valence-corrected chi connectivity index (χ3v) is 6.26. The number of halogens is 1. The number of rotatable bonds is 8. The molecule has 0 spiro atoms. The van der Waals surface area contributed by atoms with Gasteiger partial charge in [-0.15, -0.1) is 0 Å². The largest absolute Gasteiger partial charge is 0.495 e. The molecule has 2 heterocycles. The molecule has 0 unspecified atom stereocenters. The molecular weight excluding hydrogens is 443 g/mol. The summed E-state index contributed by atoms with van der Waals surface area (Å²) in [5.74, 6) is 1.14. The summed E-state index contributed by atoms with van der Waals surface area (Å²) >= 11 is 1.40. The molecule has 1 aromatic heterocycles. The summed E-state index contributed by atoms with van der Waals surface area (Å²) in [6.45, 7) is 4.84. The number of urea groups is 1. The summed E-state index contributed by atoms with van der Waals surface area (Å²) in [7, 11) is 1.58.